The minimum atomic E-state index is -1.08. The zero-order valence-electron chi connectivity index (χ0n) is 58.7. The van der Waals surface area contributed by atoms with Gasteiger partial charge in [-0.1, -0.05) is 72.2 Å². The van der Waals surface area contributed by atoms with Gasteiger partial charge >= 0.3 is 12.1 Å². The highest BCUT2D eigenvalue weighted by atomic mass is 16.7. The monoisotopic (exact) mass is 1390 g/mol. The molecular formula is C73H109N7O19. The van der Waals surface area contributed by atoms with E-state index in [4.69, 9.17) is 48.4 Å². The molecule has 0 radical (unpaired) electrons. The van der Waals surface area contributed by atoms with Gasteiger partial charge in [-0.05, 0) is 125 Å². The van der Waals surface area contributed by atoms with Crippen LogP contribution in [0, 0.1) is 17.8 Å². The number of urea groups is 1. The van der Waals surface area contributed by atoms with Gasteiger partial charge in [0.05, 0.1) is 79.9 Å². The van der Waals surface area contributed by atoms with Crippen molar-refractivity contribution < 1.29 is 91.2 Å². The van der Waals surface area contributed by atoms with Crippen LogP contribution < -0.4 is 32.3 Å². The molecule has 7 fully saturated rings. The second kappa shape index (κ2) is 35.6. The van der Waals surface area contributed by atoms with Crippen molar-refractivity contribution in [3.05, 3.63) is 66.3 Å². The van der Waals surface area contributed by atoms with E-state index in [0.29, 0.717) is 81.4 Å². The van der Waals surface area contributed by atoms with E-state index in [-0.39, 0.29) is 156 Å². The van der Waals surface area contributed by atoms with Crippen molar-refractivity contribution in [1.29, 1.82) is 0 Å². The van der Waals surface area contributed by atoms with Gasteiger partial charge in [-0.3, -0.25) is 33.7 Å². The van der Waals surface area contributed by atoms with Gasteiger partial charge in [0.2, 0.25) is 17.7 Å². The third kappa shape index (κ3) is 20.5. The fourth-order valence-corrected chi connectivity index (χ4v) is 15.6. The van der Waals surface area contributed by atoms with Crippen LogP contribution in [-0.2, 0) is 78.0 Å². The standard InChI is InChI=1S/C73H109N7O19/c1-9-10-28-73-60(83)38-72(99-73,29-27-54-33-44(5)56(95-54)23-21-52-32-43(4)45(6)46(7)94-52)98-59-37-61(73)97-57-24-22-53(96-67(57)59)35-50(81)34-48-41-92-58(66(48)91-8)36-51(82)39-76-71(90)93-40-47-17-19-49(20-18-47)77-68(87)55(15-14-30-75-70(74)89)78-69(88)65(42(2)3)79-62(84)16-12-11-13-31-80-63(85)25-26-64(80)86/h17-20,25-26,42-43,46,48,51-61,65-67,82-83H,5-6,9-16,21-24,27-41H2,1-4,7-8H3,(H,76,90)(H,77,87)(H,78,88)(H,79,84)(H3,74,75,89)/t43-,46-,48?,51+,52?,53-,54+,55?,56?,57+,58-,59-,60-,61-,65+,66-,67+,72-,73+/m1/s1. The predicted molar refractivity (Wildman–Crippen MR) is 363 cm³/mol. The van der Waals surface area contributed by atoms with E-state index < -0.39 is 77.9 Å². The van der Waals surface area contributed by atoms with Gasteiger partial charge in [0.15, 0.2) is 5.79 Å². The van der Waals surface area contributed by atoms with E-state index in [1.807, 2.05) is 0 Å². The van der Waals surface area contributed by atoms with Crippen LogP contribution in [0.15, 0.2) is 60.7 Å². The van der Waals surface area contributed by atoms with E-state index in [1.54, 1.807) is 45.2 Å². The number of nitrogens with one attached hydrogen (secondary N) is 5. The molecule has 8 heterocycles. The number of unbranched alkanes of at least 4 members (excludes halogenated alkanes) is 3. The molecule has 0 spiro atoms. The number of ketones is 1. The quantitative estimate of drug-likeness (QED) is 0.0197. The van der Waals surface area contributed by atoms with Gasteiger partial charge in [0.25, 0.3) is 11.8 Å². The zero-order chi connectivity index (χ0) is 71.1. The Labute approximate surface area is 582 Å². The number of aliphatic hydroxyl groups is 2. The zero-order valence-corrected chi connectivity index (χ0v) is 58.7. The van der Waals surface area contributed by atoms with E-state index in [0.717, 1.165) is 54.6 Å². The van der Waals surface area contributed by atoms with Crippen LogP contribution in [0.3, 0.4) is 0 Å². The van der Waals surface area contributed by atoms with E-state index in [9.17, 15) is 48.6 Å². The molecule has 26 nitrogen and oxygen atoms in total. The average Bonchev–Trinajstić information content (AvgIpc) is 1.57. The number of carbonyl (C=O) groups is 8. The number of alkyl carbamates (subject to hydrolysis) is 1. The molecule has 550 valence electrons. The number of nitrogens with zero attached hydrogens (tertiary/aromatic N) is 1. The van der Waals surface area contributed by atoms with Gasteiger partial charge in [-0.2, -0.15) is 0 Å². The van der Waals surface area contributed by atoms with Gasteiger partial charge < -0.3 is 85.2 Å². The van der Waals surface area contributed by atoms with Crippen LogP contribution >= 0.6 is 0 Å². The molecule has 7 saturated heterocycles. The summed E-state index contributed by atoms with van der Waals surface area (Å²) in [4.78, 5) is 103. The molecular weight excluding hydrogens is 1280 g/mol. The topological polar surface area (TPSA) is 350 Å². The molecule has 26 heteroatoms. The highest BCUT2D eigenvalue weighted by Gasteiger charge is 2.66. The van der Waals surface area contributed by atoms with Crippen LogP contribution in [0.5, 0.6) is 0 Å². The number of Topliss-reactive ketones (excluding diaryl/α,β-unsaturated/α-hetero) is 1. The summed E-state index contributed by atoms with van der Waals surface area (Å²) in [6.07, 6.45) is 8.71. The average molecular weight is 1390 g/mol. The number of imide groups is 1. The lowest BCUT2D eigenvalue weighted by Gasteiger charge is -2.49. The minimum Gasteiger partial charge on any atom is -0.445 e. The number of nitrogens with two attached hydrogens (primary N) is 1. The molecule has 8 amide bonds. The molecule has 9 N–H and O–H groups in total. The highest BCUT2D eigenvalue weighted by molar-refractivity contribution is 6.12. The van der Waals surface area contributed by atoms with Crippen molar-refractivity contribution in [2.24, 2.45) is 23.5 Å². The summed E-state index contributed by atoms with van der Waals surface area (Å²) >= 11 is 0. The van der Waals surface area contributed by atoms with Crippen LogP contribution in [0.4, 0.5) is 15.3 Å². The van der Waals surface area contributed by atoms with Crippen molar-refractivity contribution in [1.82, 2.24) is 26.2 Å². The first-order valence-corrected chi connectivity index (χ1v) is 36.2. The number of anilines is 1. The number of fused-ring (bicyclic) bond motifs is 7. The maximum Gasteiger partial charge on any atom is 0.407 e. The first kappa shape index (κ1) is 77.0. The first-order valence-electron chi connectivity index (χ1n) is 36.2. The Morgan fingerprint density at radius 2 is 1.61 bits per heavy atom. The third-order valence-electron chi connectivity index (χ3n) is 21.2. The lowest BCUT2D eigenvalue weighted by atomic mass is 9.78. The fraction of sp³-hybridized carbons (Fsp3) is 0.726. The van der Waals surface area contributed by atoms with Gasteiger partial charge in [0, 0.05) is 95.4 Å². The Hall–Kier alpha value is -6.20. The summed E-state index contributed by atoms with van der Waals surface area (Å²) in [5.74, 6) is -3.54. The fourth-order valence-electron chi connectivity index (χ4n) is 15.6. The number of rotatable bonds is 36. The number of ether oxygens (including phenoxy) is 9. The highest BCUT2D eigenvalue weighted by Crippen LogP contribution is 2.55. The molecule has 9 rings (SSSR count). The maximum absolute atomic E-state index is 14.0. The van der Waals surface area contributed by atoms with E-state index >= 15 is 0 Å². The Morgan fingerprint density at radius 3 is 2.32 bits per heavy atom. The van der Waals surface area contributed by atoms with Crippen LogP contribution in [0.1, 0.15) is 181 Å². The summed E-state index contributed by atoms with van der Waals surface area (Å²) < 4.78 is 58.4. The number of primary amides is 1. The van der Waals surface area contributed by atoms with E-state index in [1.165, 1.54) is 12.2 Å². The second-order valence-electron chi connectivity index (χ2n) is 29.1. The third-order valence-corrected chi connectivity index (χ3v) is 21.2. The second-order valence-corrected chi connectivity index (χ2v) is 29.1. The molecule has 0 aromatic heterocycles. The number of methoxy groups -OCH3 is 1. The maximum atomic E-state index is 14.0. The minimum absolute atomic E-state index is 0.00127. The Balaban J connectivity index is 0.689. The van der Waals surface area contributed by atoms with Crippen molar-refractivity contribution >= 4 is 53.1 Å². The lowest BCUT2D eigenvalue weighted by molar-refractivity contribution is -0.280. The molecule has 0 aliphatic carbocycles. The van der Waals surface area contributed by atoms with Crippen molar-refractivity contribution in [3.63, 3.8) is 0 Å². The van der Waals surface area contributed by atoms with Crippen molar-refractivity contribution in [2.45, 2.75) is 285 Å². The Morgan fingerprint density at radius 1 is 0.838 bits per heavy atom. The number of hydrogen-bond donors (Lipinski definition) is 8. The molecule has 0 saturated carbocycles. The van der Waals surface area contributed by atoms with Crippen LogP contribution in [0.2, 0.25) is 0 Å². The summed E-state index contributed by atoms with van der Waals surface area (Å²) in [6, 6.07) is 3.67. The van der Waals surface area contributed by atoms with Gasteiger partial charge in [-0.25, -0.2) is 9.59 Å². The summed E-state index contributed by atoms with van der Waals surface area (Å²) in [5, 5.41) is 36.4. The lowest BCUT2D eigenvalue weighted by Crippen LogP contribution is -2.61. The molecule has 1 aromatic rings. The summed E-state index contributed by atoms with van der Waals surface area (Å²) in [6.45, 7) is 18.9. The number of benzene rings is 1. The van der Waals surface area contributed by atoms with Crippen molar-refractivity contribution in [2.75, 3.05) is 38.7 Å². The Bertz CT molecular complexity index is 2990. The molecule has 19 atom stereocenters. The number of hydrogen-bond acceptors (Lipinski definition) is 19. The summed E-state index contributed by atoms with van der Waals surface area (Å²) in [7, 11) is 1.55. The molecule has 8 aliphatic heterocycles. The number of carbonyl (C=O) groups excluding carboxylic acids is 8. The van der Waals surface area contributed by atoms with Gasteiger partial charge in [-0.15, -0.1) is 0 Å². The molecule has 8 aliphatic rings. The molecule has 4 unspecified atom stereocenters. The van der Waals surface area contributed by atoms with E-state index in [2.05, 4.69) is 60.5 Å². The first-order chi connectivity index (χ1) is 47.3. The number of aliphatic hydroxyl groups excluding tert-OH is 2. The van der Waals surface area contributed by atoms with Gasteiger partial charge in [0.1, 0.15) is 36.2 Å². The largest absolute Gasteiger partial charge is 0.445 e. The molecule has 99 heavy (non-hydrogen) atoms. The predicted octanol–water partition coefficient (Wildman–Crippen LogP) is 6.70. The number of amides is 8. The SMILES string of the molecule is C=C1C[C@H](CC[C@]23C[C@@H](O)[C@](CCCC)(O2)[C@H]2C[C@@H](O3)[C@H]3O[C@@H](CC(=O)CC4CO[C@H](C[C@H](O)CNC(=O)OCc5ccc(NC(=O)C(CCCNC(N)=O)NC(=O)[C@@H](NC(=O)CCCCCN6C(=O)C=CC6=O)C(C)C)cc5)[C@@H]4OC)CC[C@@H]3O2)OC1CCC1C[C@@H](C)C(=C)[C@@H](C)O1. The van der Waals surface area contributed by atoms with Crippen molar-refractivity contribution in [3.8, 4) is 0 Å². The smallest absolute Gasteiger partial charge is 0.407 e. The Kier molecular flexibility index (Phi) is 27.7. The van der Waals surface area contributed by atoms with Crippen LogP contribution in [-0.4, -0.2) is 199 Å². The van der Waals surface area contributed by atoms with Crippen LogP contribution in [0.25, 0.3) is 0 Å². The molecule has 1 aromatic carbocycles. The molecule has 4 bridgehead atoms. The normalized spacial score (nSPS) is 31.9. The summed E-state index contributed by atoms with van der Waals surface area (Å²) in [5.41, 5.74) is 7.51.